The molecule has 0 radical (unpaired) electrons. The predicted molar refractivity (Wildman–Crippen MR) is 54.4 cm³/mol. The van der Waals surface area contributed by atoms with E-state index in [0.29, 0.717) is 10.5 Å². The van der Waals surface area contributed by atoms with Gasteiger partial charge in [-0.15, -0.1) is 0 Å². The Hall–Kier alpha value is -0.780. The van der Waals surface area contributed by atoms with Crippen molar-refractivity contribution in [3.05, 3.63) is 29.6 Å². The molecule has 0 saturated carbocycles. The van der Waals surface area contributed by atoms with Crippen LogP contribution in [0.2, 0.25) is 0 Å². The van der Waals surface area contributed by atoms with E-state index in [0.717, 1.165) is 0 Å². The Morgan fingerprint density at radius 3 is 2.64 bits per heavy atom. The summed E-state index contributed by atoms with van der Waals surface area (Å²) < 4.78 is 26.1. The molecule has 0 spiro atoms. The Kier molecular flexibility index (Phi) is 3.74. The van der Waals surface area contributed by atoms with Crippen molar-refractivity contribution in [2.24, 2.45) is 5.73 Å². The molecule has 2 N–H and O–H groups in total. The van der Waals surface area contributed by atoms with E-state index in [1.54, 1.807) is 20.2 Å². The van der Waals surface area contributed by atoms with Gasteiger partial charge in [-0.25, -0.2) is 12.9 Å². The summed E-state index contributed by atoms with van der Waals surface area (Å²) in [6, 6.07) is 4.14. The minimum Gasteiger partial charge on any atom is -0.326 e. The highest BCUT2D eigenvalue weighted by Crippen LogP contribution is 2.16. The van der Waals surface area contributed by atoms with Gasteiger partial charge in [0.2, 0.25) is 0 Å². The molecule has 1 unspecified atom stereocenters. The maximum absolute atomic E-state index is 12.9. The highest BCUT2D eigenvalue weighted by atomic mass is 32.2. The van der Waals surface area contributed by atoms with Crippen molar-refractivity contribution in [3.63, 3.8) is 0 Å². The smallest absolute Gasteiger partial charge is 0.127 e. The molecule has 14 heavy (non-hydrogen) atoms. The first-order chi connectivity index (χ1) is 6.56. The van der Waals surface area contributed by atoms with E-state index < -0.39 is 16.8 Å². The summed E-state index contributed by atoms with van der Waals surface area (Å²) in [6.07, 6.45) is 0. The molecular weight excluding hydrogens is 203 g/mol. The maximum Gasteiger partial charge on any atom is 0.127 e. The van der Waals surface area contributed by atoms with Gasteiger partial charge in [-0.05, 0) is 31.8 Å². The normalized spacial score (nSPS) is 13.2. The van der Waals surface area contributed by atoms with E-state index in [2.05, 4.69) is 0 Å². The van der Waals surface area contributed by atoms with E-state index in [1.165, 1.54) is 16.4 Å². The maximum atomic E-state index is 12.9. The lowest BCUT2D eigenvalue weighted by Gasteiger charge is -2.12. The molecule has 3 nitrogen and oxygen atoms in total. The Labute approximate surface area is 85.3 Å². The molecule has 0 heterocycles. The number of benzene rings is 1. The highest BCUT2D eigenvalue weighted by molar-refractivity contribution is 7.82. The van der Waals surface area contributed by atoms with Crippen LogP contribution in [0.3, 0.4) is 0 Å². The largest absolute Gasteiger partial charge is 0.326 e. The topological polar surface area (TPSA) is 46.3 Å². The quantitative estimate of drug-likeness (QED) is 0.815. The molecule has 78 valence electrons. The van der Waals surface area contributed by atoms with E-state index >= 15 is 0 Å². The van der Waals surface area contributed by atoms with Gasteiger partial charge in [0.25, 0.3) is 0 Å². The number of nitrogens with two attached hydrogens (primary N) is 1. The lowest BCUT2D eigenvalue weighted by Crippen LogP contribution is -2.17. The molecule has 1 aromatic rings. The third-order valence-electron chi connectivity index (χ3n) is 1.77. The monoisotopic (exact) mass is 216 g/mol. The van der Waals surface area contributed by atoms with Crippen LogP contribution in [-0.2, 0) is 17.5 Å². The van der Waals surface area contributed by atoms with Gasteiger partial charge < -0.3 is 5.73 Å². The van der Waals surface area contributed by atoms with Crippen molar-refractivity contribution in [2.75, 3.05) is 14.1 Å². The third kappa shape index (κ3) is 2.37. The average Bonchev–Trinajstić information content (AvgIpc) is 2.16. The lowest BCUT2D eigenvalue weighted by atomic mass is 10.2. The Bertz CT molecular complexity index is 355. The molecule has 0 aromatic heterocycles. The van der Waals surface area contributed by atoms with Crippen LogP contribution in [0.25, 0.3) is 0 Å². The number of hydrogen-bond donors (Lipinski definition) is 1. The molecule has 0 aliphatic carbocycles. The van der Waals surface area contributed by atoms with Crippen LogP contribution in [0.15, 0.2) is 23.1 Å². The van der Waals surface area contributed by atoms with Crippen LogP contribution in [-0.4, -0.2) is 22.6 Å². The molecule has 0 amide bonds. The van der Waals surface area contributed by atoms with Crippen LogP contribution in [0.1, 0.15) is 5.56 Å². The second-order valence-electron chi connectivity index (χ2n) is 3.02. The summed E-state index contributed by atoms with van der Waals surface area (Å²) in [5.74, 6) is -0.396. The van der Waals surface area contributed by atoms with Crippen molar-refractivity contribution in [2.45, 2.75) is 11.4 Å². The molecule has 1 atom stereocenters. The zero-order chi connectivity index (χ0) is 10.7. The van der Waals surface area contributed by atoms with Crippen LogP contribution in [0.5, 0.6) is 0 Å². The molecule has 5 heteroatoms. The molecule has 1 rings (SSSR count). The molecule has 0 bridgehead atoms. The lowest BCUT2D eigenvalue weighted by molar-refractivity contribution is 0.594. The number of rotatable bonds is 3. The predicted octanol–water partition coefficient (Wildman–Crippen LogP) is 0.869. The van der Waals surface area contributed by atoms with E-state index in [-0.39, 0.29) is 6.54 Å². The van der Waals surface area contributed by atoms with Crippen molar-refractivity contribution in [1.29, 1.82) is 0 Å². The number of nitrogens with zero attached hydrogens (tertiary/aromatic N) is 1. The first-order valence-electron chi connectivity index (χ1n) is 4.14. The molecule has 0 aliphatic heterocycles. The van der Waals surface area contributed by atoms with Gasteiger partial charge >= 0.3 is 0 Å². The highest BCUT2D eigenvalue weighted by Gasteiger charge is 2.11. The molecular formula is C9H13FN2OS. The van der Waals surface area contributed by atoms with Crippen molar-refractivity contribution in [1.82, 2.24) is 4.31 Å². The summed E-state index contributed by atoms with van der Waals surface area (Å²) in [4.78, 5) is 0.442. The number of halogens is 1. The second-order valence-corrected chi connectivity index (χ2v) is 4.69. The summed E-state index contributed by atoms with van der Waals surface area (Å²) in [6.45, 7) is 0.259. The zero-order valence-electron chi connectivity index (χ0n) is 8.16. The second kappa shape index (κ2) is 4.63. The van der Waals surface area contributed by atoms with Gasteiger partial charge in [0, 0.05) is 6.54 Å². The fraction of sp³-hybridized carbons (Fsp3) is 0.333. The molecule has 0 fully saturated rings. The first-order valence-corrected chi connectivity index (χ1v) is 5.24. The van der Waals surface area contributed by atoms with Gasteiger partial charge in [-0.3, -0.25) is 0 Å². The molecule has 0 aliphatic rings. The number of hydrogen-bond acceptors (Lipinski definition) is 2. The van der Waals surface area contributed by atoms with Crippen LogP contribution in [0.4, 0.5) is 4.39 Å². The van der Waals surface area contributed by atoms with Crippen molar-refractivity contribution in [3.8, 4) is 0 Å². The van der Waals surface area contributed by atoms with E-state index in [1.807, 2.05) is 0 Å². The summed E-state index contributed by atoms with van der Waals surface area (Å²) in [7, 11) is 1.99. The Balaban J connectivity index is 3.17. The fourth-order valence-electron chi connectivity index (χ4n) is 1.06. The fourth-order valence-corrected chi connectivity index (χ4v) is 2.04. The van der Waals surface area contributed by atoms with Crippen LogP contribution < -0.4 is 5.73 Å². The Morgan fingerprint density at radius 2 is 2.14 bits per heavy atom. The zero-order valence-corrected chi connectivity index (χ0v) is 8.97. The van der Waals surface area contributed by atoms with Gasteiger partial charge in [0.05, 0.1) is 4.90 Å². The van der Waals surface area contributed by atoms with Gasteiger partial charge in [-0.1, -0.05) is 6.07 Å². The SMILES string of the molecule is CN(C)S(=O)c1cc(F)ccc1CN. The third-order valence-corrected chi connectivity index (χ3v) is 3.19. The van der Waals surface area contributed by atoms with Crippen LogP contribution >= 0.6 is 0 Å². The minimum atomic E-state index is -1.34. The first kappa shape index (κ1) is 11.3. The summed E-state index contributed by atoms with van der Waals surface area (Å²) in [5.41, 5.74) is 6.17. The molecule has 1 aromatic carbocycles. The van der Waals surface area contributed by atoms with Gasteiger partial charge in [-0.2, -0.15) is 0 Å². The Morgan fingerprint density at radius 1 is 1.50 bits per heavy atom. The summed E-state index contributed by atoms with van der Waals surface area (Å²) in [5, 5.41) is 0. The van der Waals surface area contributed by atoms with Gasteiger partial charge in [0.15, 0.2) is 0 Å². The molecule has 0 saturated heterocycles. The minimum absolute atomic E-state index is 0.259. The summed E-state index contributed by atoms with van der Waals surface area (Å²) >= 11 is 0. The van der Waals surface area contributed by atoms with Crippen LogP contribution in [0, 0.1) is 5.82 Å². The van der Waals surface area contributed by atoms with E-state index in [4.69, 9.17) is 5.73 Å². The van der Waals surface area contributed by atoms with Crippen molar-refractivity contribution < 1.29 is 8.60 Å². The van der Waals surface area contributed by atoms with Crippen molar-refractivity contribution >= 4 is 11.0 Å². The standard InChI is InChI=1S/C9H13FN2OS/c1-12(2)14(13)9-5-8(10)4-3-7(9)6-11/h3-5H,6,11H2,1-2H3. The van der Waals surface area contributed by atoms with E-state index in [9.17, 15) is 8.60 Å². The average molecular weight is 216 g/mol. The van der Waals surface area contributed by atoms with Gasteiger partial charge in [0.1, 0.15) is 16.8 Å².